The van der Waals surface area contributed by atoms with Crippen LogP contribution in [0.25, 0.3) is 33.1 Å². The van der Waals surface area contributed by atoms with Gasteiger partial charge in [-0.2, -0.15) is 5.26 Å². The number of nitriles is 1. The number of hydrogen-bond donors (Lipinski definition) is 1. The number of aromatic nitrogens is 4. The molecule has 1 N–H and O–H groups in total. The number of nitrogens with one attached hydrogen (secondary N) is 1. The maximum absolute atomic E-state index is 16.7. The third-order valence-electron chi connectivity index (χ3n) is 8.73. The second-order valence-electron chi connectivity index (χ2n) is 11.4. The summed E-state index contributed by atoms with van der Waals surface area (Å²) in [5.74, 6) is 0.394. The molecule has 6 rings (SSSR count). The number of benzene rings is 2. The van der Waals surface area contributed by atoms with Crippen LogP contribution >= 0.6 is 0 Å². The molecule has 0 unspecified atom stereocenters. The molecule has 8 nitrogen and oxygen atoms in total. The summed E-state index contributed by atoms with van der Waals surface area (Å²) in [7, 11) is 4.16. The average molecular weight is 527 g/mol. The van der Waals surface area contributed by atoms with Gasteiger partial charge in [-0.15, -0.1) is 5.10 Å². The Morgan fingerprint density at radius 2 is 1.95 bits per heavy atom. The molecule has 0 aliphatic carbocycles. The number of rotatable bonds is 5. The number of fused-ring (bicyclic) bond motifs is 3. The monoisotopic (exact) mass is 526 g/mol. The Morgan fingerprint density at radius 1 is 1.15 bits per heavy atom. The molecule has 2 aromatic heterocycles. The van der Waals surface area contributed by atoms with Gasteiger partial charge in [0.1, 0.15) is 11.0 Å². The fraction of sp³-hybridized carbons (Fsp3) is 0.467. The molecule has 2 fully saturated rings. The number of halogens is 1. The summed E-state index contributed by atoms with van der Waals surface area (Å²) < 4.78 is 18.7. The Bertz CT molecular complexity index is 1610. The normalized spacial score (nSPS) is 20.1. The molecule has 0 saturated carbocycles. The van der Waals surface area contributed by atoms with E-state index in [4.69, 9.17) is 4.98 Å². The van der Waals surface area contributed by atoms with Crippen LogP contribution in [0.2, 0.25) is 0 Å². The lowest BCUT2D eigenvalue weighted by molar-refractivity contribution is 0.246. The highest BCUT2D eigenvalue weighted by molar-refractivity contribution is 6.08. The average Bonchev–Trinajstić information content (AvgIpc) is 3.32. The molecule has 0 bridgehead atoms. The largest absolute Gasteiger partial charge is 0.351 e. The van der Waals surface area contributed by atoms with Crippen LogP contribution in [-0.2, 0) is 0 Å². The van der Waals surface area contributed by atoms with Crippen LogP contribution in [0.15, 0.2) is 24.3 Å². The summed E-state index contributed by atoms with van der Waals surface area (Å²) in [6.07, 6.45) is 2.09. The maximum Gasteiger partial charge on any atom is 0.159 e. The molecule has 4 aromatic rings. The summed E-state index contributed by atoms with van der Waals surface area (Å²) in [5.41, 5.74) is 6.48. The van der Waals surface area contributed by atoms with Crippen molar-refractivity contribution in [2.75, 3.05) is 38.6 Å². The van der Waals surface area contributed by atoms with Crippen molar-refractivity contribution in [1.29, 1.82) is 5.26 Å². The van der Waals surface area contributed by atoms with Crippen LogP contribution in [0.3, 0.4) is 0 Å². The lowest BCUT2D eigenvalue weighted by Crippen LogP contribution is -2.57. The van der Waals surface area contributed by atoms with E-state index in [2.05, 4.69) is 64.6 Å². The quantitative estimate of drug-likeness (QED) is 0.405. The minimum absolute atomic E-state index is 0.0704. The summed E-state index contributed by atoms with van der Waals surface area (Å²) in [5, 5.41) is 22.7. The minimum atomic E-state index is -0.299. The molecule has 2 aromatic carbocycles. The van der Waals surface area contributed by atoms with Crippen molar-refractivity contribution in [3.05, 3.63) is 46.8 Å². The minimum Gasteiger partial charge on any atom is -0.351 e. The Labute approximate surface area is 228 Å². The van der Waals surface area contributed by atoms with Gasteiger partial charge in [0.05, 0.1) is 18.5 Å². The Hall–Kier alpha value is -3.61. The molecule has 2 aliphatic rings. The fourth-order valence-electron chi connectivity index (χ4n) is 6.17. The smallest absolute Gasteiger partial charge is 0.159 e. The van der Waals surface area contributed by atoms with Crippen LogP contribution < -0.4 is 10.2 Å². The molecule has 0 radical (unpaired) electrons. The summed E-state index contributed by atoms with van der Waals surface area (Å²) >= 11 is 0. The van der Waals surface area contributed by atoms with Gasteiger partial charge in [0.15, 0.2) is 17.2 Å². The van der Waals surface area contributed by atoms with E-state index in [1.807, 2.05) is 30.7 Å². The first-order chi connectivity index (χ1) is 18.8. The molecular formula is C30H35FN8. The first-order valence-corrected chi connectivity index (χ1v) is 13.7. The van der Waals surface area contributed by atoms with E-state index >= 15 is 4.39 Å². The van der Waals surface area contributed by atoms with Crippen molar-refractivity contribution in [3.63, 3.8) is 0 Å². The predicted octanol–water partition coefficient (Wildman–Crippen LogP) is 4.67. The van der Waals surface area contributed by atoms with Crippen molar-refractivity contribution in [3.8, 4) is 17.2 Å². The number of nitrogens with zero attached hydrogens (tertiary/aromatic N) is 7. The number of piperidine rings is 1. The molecule has 202 valence electrons. The molecule has 2 saturated heterocycles. The first-order valence-electron chi connectivity index (χ1n) is 13.7. The zero-order valence-corrected chi connectivity index (χ0v) is 23.3. The number of aryl methyl sites for hydroxylation is 2. The second kappa shape index (κ2) is 9.85. The molecule has 4 heterocycles. The van der Waals surface area contributed by atoms with Gasteiger partial charge in [-0.3, -0.25) is 0 Å². The van der Waals surface area contributed by atoms with Crippen LogP contribution in [0, 0.1) is 37.9 Å². The van der Waals surface area contributed by atoms with E-state index < -0.39 is 0 Å². The van der Waals surface area contributed by atoms with Crippen LogP contribution in [0.5, 0.6) is 0 Å². The molecule has 0 spiro atoms. The molecule has 9 heteroatoms. The molecular weight excluding hydrogens is 491 g/mol. The van der Waals surface area contributed by atoms with E-state index in [9.17, 15) is 5.26 Å². The molecule has 2 atom stereocenters. The van der Waals surface area contributed by atoms with Crippen LogP contribution in [0.4, 0.5) is 10.2 Å². The zero-order chi connectivity index (χ0) is 27.4. The van der Waals surface area contributed by atoms with Crippen molar-refractivity contribution < 1.29 is 4.39 Å². The van der Waals surface area contributed by atoms with Gasteiger partial charge in [0.2, 0.25) is 0 Å². The third kappa shape index (κ3) is 4.23. The summed E-state index contributed by atoms with van der Waals surface area (Å²) in [4.78, 5) is 9.35. The fourth-order valence-corrected chi connectivity index (χ4v) is 6.17. The number of anilines is 1. The number of likely N-dealkylation sites (N-methyl/N-ethyl adjacent to an activating group) is 1. The number of hydrogen-bond acceptors (Lipinski definition) is 7. The second-order valence-corrected chi connectivity index (χ2v) is 11.4. The highest BCUT2D eigenvalue weighted by atomic mass is 19.1. The van der Waals surface area contributed by atoms with E-state index in [-0.39, 0.29) is 17.9 Å². The SMILES string of the molecule is Cc1cccc(-c2c(C)cc3c(nc(N4CC(N(C)C)C4)c4nnn([C@H]5CCN[C@H](CC#N)C5)c43)c2F)c1C. The van der Waals surface area contributed by atoms with Crippen molar-refractivity contribution in [2.45, 2.75) is 58.2 Å². The molecule has 0 amide bonds. The maximum atomic E-state index is 16.7. The van der Waals surface area contributed by atoms with Gasteiger partial charge in [-0.25, -0.2) is 14.1 Å². The topological polar surface area (TPSA) is 85.9 Å². The van der Waals surface area contributed by atoms with E-state index in [1.54, 1.807) is 0 Å². The van der Waals surface area contributed by atoms with Crippen molar-refractivity contribution >= 4 is 27.8 Å². The van der Waals surface area contributed by atoms with Crippen molar-refractivity contribution in [1.82, 2.24) is 30.2 Å². The summed E-state index contributed by atoms with van der Waals surface area (Å²) in [6.45, 7) is 8.49. The Balaban J connectivity index is 1.58. The number of pyridine rings is 1. The van der Waals surface area contributed by atoms with Gasteiger partial charge >= 0.3 is 0 Å². The predicted molar refractivity (Wildman–Crippen MR) is 152 cm³/mol. The third-order valence-corrected chi connectivity index (χ3v) is 8.73. The van der Waals surface area contributed by atoms with Gasteiger partial charge in [0.25, 0.3) is 0 Å². The van der Waals surface area contributed by atoms with Gasteiger partial charge in [-0.05, 0) is 82.6 Å². The van der Waals surface area contributed by atoms with Crippen molar-refractivity contribution in [2.24, 2.45) is 0 Å². The summed E-state index contributed by atoms with van der Waals surface area (Å²) in [6, 6.07) is 11.0. The van der Waals surface area contributed by atoms with Crippen LogP contribution in [0.1, 0.15) is 42.0 Å². The zero-order valence-electron chi connectivity index (χ0n) is 23.3. The van der Waals surface area contributed by atoms with E-state index in [0.29, 0.717) is 34.9 Å². The van der Waals surface area contributed by atoms with E-state index in [0.717, 1.165) is 65.6 Å². The molecule has 39 heavy (non-hydrogen) atoms. The highest BCUT2D eigenvalue weighted by Crippen LogP contribution is 2.40. The standard InChI is InChI=1S/C30H35FN8/c1-17-7-6-8-23(19(17)3)25-18(2)13-24-27(26(25)31)34-30(38-15-22(16-38)37(4)5)28-29(24)39(36-35-28)21-10-12-33-20(14-21)9-11-32/h6-8,13,20-22,33H,9-10,12,14-16H2,1-5H3/t20-,21+/m1/s1. The van der Waals surface area contributed by atoms with E-state index in [1.165, 1.54) is 0 Å². The molecule has 2 aliphatic heterocycles. The van der Waals surface area contributed by atoms with Gasteiger partial charge in [0, 0.05) is 36.1 Å². The lowest BCUT2D eigenvalue weighted by atomic mass is 9.92. The Kier molecular flexibility index (Phi) is 6.48. The first kappa shape index (κ1) is 25.7. The highest BCUT2D eigenvalue weighted by Gasteiger charge is 2.34. The van der Waals surface area contributed by atoms with Gasteiger partial charge < -0.3 is 15.1 Å². The lowest BCUT2D eigenvalue weighted by Gasteiger charge is -2.43. The van der Waals surface area contributed by atoms with Gasteiger partial charge in [-0.1, -0.05) is 23.4 Å². The Morgan fingerprint density at radius 3 is 2.69 bits per heavy atom. The van der Waals surface area contributed by atoms with Crippen LogP contribution in [-0.4, -0.2) is 70.7 Å².